The van der Waals surface area contributed by atoms with E-state index in [9.17, 15) is 18.3 Å². The van der Waals surface area contributed by atoms with Crippen molar-refractivity contribution in [2.24, 2.45) is 0 Å². The van der Waals surface area contributed by atoms with Crippen LogP contribution >= 0.6 is 0 Å². The normalized spacial score (nSPS) is 27.0. The van der Waals surface area contributed by atoms with E-state index >= 15 is 0 Å². The first-order valence-electron chi connectivity index (χ1n) is 4.65. The van der Waals surface area contributed by atoms with E-state index in [-0.39, 0.29) is 12.5 Å². The van der Waals surface area contributed by atoms with Crippen molar-refractivity contribution in [1.82, 2.24) is 10.1 Å². The van der Waals surface area contributed by atoms with Crippen molar-refractivity contribution >= 4 is 0 Å². The molecule has 0 aliphatic carbocycles. The number of alkyl halides is 3. The number of ether oxygens (including phenoxy) is 1. The zero-order chi connectivity index (χ0) is 11.8. The number of aromatic nitrogens is 2. The van der Waals surface area contributed by atoms with Crippen LogP contribution < -0.4 is 0 Å². The van der Waals surface area contributed by atoms with Crippen molar-refractivity contribution in [3.8, 4) is 0 Å². The lowest BCUT2D eigenvalue weighted by Gasteiger charge is -2.24. The van der Waals surface area contributed by atoms with Crippen molar-refractivity contribution in [3.05, 3.63) is 11.7 Å². The molecule has 2 heterocycles. The summed E-state index contributed by atoms with van der Waals surface area (Å²) in [6.07, 6.45) is -5.10. The first kappa shape index (κ1) is 11.3. The first-order valence-corrected chi connectivity index (χ1v) is 4.65. The zero-order valence-corrected chi connectivity index (χ0v) is 8.07. The number of hydrogen-bond donors (Lipinski definition) is 1. The lowest BCUT2D eigenvalue weighted by molar-refractivity contribution is -0.146. The molecule has 1 fully saturated rings. The minimum absolute atomic E-state index is 0.0840. The van der Waals surface area contributed by atoms with E-state index in [0.29, 0.717) is 13.0 Å². The number of halogens is 3. The highest BCUT2D eigenvalue weighted by atomic mass is 19.4. The molecule has 0 amide bonds. The van der Waals surface area contributed by atoms with Crippen LogP contribution in [0.15, 0.2) is 4.52 Å². The van der Waals surface area contributed by atoms with Crippen molar-refractivity contribution < 1.29 is 27.5 Å². The Labute approximate surface area is 88.2 Å². The Morgan fingerprint density at radius 1 is 1.38 bits per heavy atom. The maximum Gasteiger partial charge on any atom is 0.455 e. The fourth-order valence-corrected chi connectivity index (χ4v) is 1.46. The molecule has 1 aliphatic rings. The SMILES string of the molecule is OC1CCOCC1c1nc(C(F)(F)F)no1. The molecule has 0 saturated carbocycles. The molecule has 1 aliphatic heterocycles. The molecule has 2 unspecified atom stereocenters. The van der Waals surface area contributed by atoms with E-state index < -0.39 is 24.0 Å². The number of rotatable bonds is 1. The van der Waals surface area contributed by atoms with Crippen LogP contribution in [-0.2, 0) is 10.9 Å². The van der Waals surface area contributed by atoms with Gasteiger partial charge in [-0.25, -0.2) is 0 Å². The van der Waals surface area contributed by atoms with Crippen LogP contribution in [0, 0.1) is 0 Å². The summed E-state index contributed by atoms with van der Waals surface area (Å²) >= 11 is 0. The molecule has 1 aromatic heterocycles. The molecular formula is C8H9F3N2O3. The predicted molar refractivity (Wildman–Crippen MR) is 43.5 cm³/mol. The Morgan fingerprint density at radius 2 is 2.12 bits per heavy atom. The predicted octanol–water partition coefficient (Wildman–Crippen LogP) is 0.953. The molecule has 8 heteroatoms. The van der Waals surface area contributed by atoms with Crippen LogP contribution in [0.3, 0.4) is 0 Å². The minimum Gasteiger partial charge on any atom is -0.392 e. The van der Waals surface area contributed by atoms with Gasteiger partial charge in [-0.15, -0.1) is 0 Å². The molecule has 0 bridgehead atoms. The van der Waals surface area contributed by atoms with E-state index in [1.54, 1.807) is 0 Å². The lowest BCUT2D eigenvalue weighted by atomic mass is 9.99. The smallest absolute Gasteiger partial charge is 0.392 e. The summed E-state index contributed by atoms with van der Waals surface area (Å²) < 4.78 is 46.1. The maximum atomic E-state index is 12.2. The summed E-state index contributed by atoms with van der Waals surface area (Å²) in [4.78, 5) is 3.21. The number of nitrogens with zero attached hydrogens (tertiary/aromatic N) is 2. The lowest BCUT2D eigenvalue weighted by Crippen LogP contribution is -2.30. The Kier molecular flexibility index (Phi) is 2.85. The van der Waals surface area contributed by atoms with Gasteiger partial charge >= 0.3 is 6.18 Å². The highest BCUT2D eigenvalue weighted by Gasteiger charge is 2.39. The molecule has 5 nitrogen and oxygen atoms in total. The minimum atomic E-state index is -4.64. The fraction of sp³-hybridized carbons (Fsp3) is 0.750. The third kappa shape index (κ3) is 2.17. The average molecular weight is 238 g/mol. The third-order valence-corrected chi connectivity index (χ3v) is 2.33. The van der Waals surface area contributed by atoms with Gasteiger partial charge in [-0.05, 0) is 6.42 Å². The summed E-state index contributed by atoms with van der Waals surface area (Å²) in [5.74, 6) is -2.25. The van der Waals surface area contributed by atoms with Gasteiger partial charge in [0.05, 0.1) is 18.6 Å². The van der Waals surface area contributed by atoms with Crippen molar-refractivity contribution in [1.29, 1.82) is 0 Å². The number of aliphatic hydroxyl groups is 1. The van der Waals surface area contributed by atoms with Gasteiger partial charge in [-0.1, -0.05) is 5.16 Å². The highest BCUT2D eigenvalue weighted by Crippen LogP contribution is 2.30. The molecule has 16 heavy (non-hydrogen) atoms. The number of hydrogen-bond acceptors (Lipinski definition) is 5. The van der Waals surface area contributed by atoms with Gasteiger partial charge in [0.2, 0.25) is 5.89 Å². The van der Waals surface area contributed by atoms with Crippen LogP contribution in [0.25, 0.3) is 0 Å². The van der Waals surface area contributed by atoms with Gasteiger partial charge in [-0.2, -0.15) is 18.2 Å². The second-order valence-electron chi connectivity index (χ2n) is 3.49. The zero-order valence-electron chi connectivity index (χ0n) is 8.07. The largest absolute Gasteiger partial charge is 0.455 e. The molecule has 2 rings (SSSR count). The molecular weight excluding hydrogens is 229 g/mol. The van der Waals surface area contributed by atoms with Crippen LogP contribution in [-0.4, -0.2) is 34.6 Å². The molecule has 0 aromatic carbocycles. The Hall–Kier alpha value is -1.15. The van der Waals surface area contributed by atoms with Gasteiger partial charge in [0, 0.05) is 6.61 Å². The topological polar surface area (TPSA) is 68.4 Å². The molecule has 90 valence electrons. The Bertz CT molecular complexity index is 366. The average Bonchev–Trinajstić information content (AvgIpc) is 2.66. The fourth-order valence-electron chi connectivity index (χ4n) is 1.46. The maximum absolute atomic E-state index is 12.2. The second kappa shape index (κ2) is 4.02. The van der Waals surface area contributed by atoms with Gasteiger partial charge < -0.3 is 14.4 Å². The van der Waals surface area contributed by atoms with E-state index in [1.807, 2.05) is 0 Å². The van der Waals surface area contributed by atoms with Gasteiger partial charge in [-0.3, -0.25) is 0 Å². The standard InChI is InChI=1S/C8H9F3N2O3/c9-8(10,11)7-12-6(16-13-7)4-3-15-2-1-5(4)14/h4-5,14H,1-3H2. The molecule has 2 atom stereocenters. The van der Waals surface area contributed by atoms with Crippen LogP contribution in [0.1, 0.15) is 24.1 Å². The van der Waals surface area contributed by atoms with Crippen molar-refractivity contribution in [3.63, 3.8) is 0 Å². The summed E-state index contributed by atoms with van der Waals surface area (Å²) in [5, 5.41) is 12.4. The monoisotopic (exact) mass is 238 g/mol. The summed E-state index contributed by atoms with van der Waals surface area (Å²) in [6, 6.07) is 0. The molecule has 0 spiro atoms. The third-order valence-electron chi connectivity index (χ3n) is 2.33. The quantitative estimate of drug-likeness (QED) is 0.789. The van der Waals surface area contributed by atoms with Crippen molar-refractivity contribution in [2.75, 3.05) is 13.2 Å². The van der Waals surface area contributed by atoms with Crippen LogP contribution in [0.4, 0.5) is 13.2 Å². The Morgan fingerprint density at radius 3 is 2.69 bits per heavy atom. The molecule has 1 aromatic rings. The van der Waals surface area contributed by atoms with Gasteiger partial charge in [0.15, 0.2) is 0 Å². The van der Waals surface area contributed by atoms with Crippen molar-refractivity contribution in [2.45, 2.75) is 24.6 Å². The van der Waals surface area contributed by atoms with Gasteiger partial charge in [0.25, 0.3) is 5.82 Å². The van der Waals surface area contributed by atoms with E-state index in [0.717, 1.165) is 0 Å². The summed E-state index contributed by atoms with van der Waals surface area (Å²) in [6.45, 7) is 0.457. The number of aliphatic hydroxyl groups excluding tert-OH is 1. The Balaban J connectivity index is 2.18. The first-order chi connectivity index (χ1) is 7.48. The summed E-state index contributed by atoms with van der Waals surface area (Å²) in [7, 11) is 0. The second-order valence-corrected chi connectivity index (χ2v) is 3.49. The van der Waals surface area contributed by atoms with Gasteiger partial charge in [0.1, 0.15) is 0 Å². The van der Waals surface area contributed by atoms with E-state index in [1.165, 1.54) is 0 Å². The van der Waals surface area contributed by atoms with E-state index in [2.05, 4.69) is 14.7 Å². The summed E-state index contributed by atoms with van der Waals surface area (Å²) in [5.41, 5.74) is 0. The van der Waals surface area contributed by atoms with Crippen LogP contribution in [0.5, 0.6) is 0 Å². The molecule has 1 N–H and O–H groups in total. The van der Waals surface area contributed by atoms with Crippen LogP contribution in [0.2, 0.25) is 0 Å². The molecule has 1 saturated heterocycles. The highest BCUT2D eigenvalue weighted by molar-refractivity contribution is 5.00. The van der Waals surface area contributed by atoms with E-state index in [4.69, 9.17) is 4.74 Å². The molecule has 0 radical (unpaired) electrons.